The van der Waals surface area contributed by atoms with E-state index in [-0.39, 0.29) is 15.9 Å². The number of carbonyl (C=O) groups is 1. The molecule has 10 heteroatoms. The number of nitrogens with zero attached hydrogens (tertiary/aromatic N) is 1. The molecule has 2 aromatic rings. The lowest BCUT2D eigenvalue weighted by Gasteiger charge is -2.24. The molecule has 0 radical (unpaired) electrons. The number of ether oxygens (including phenoxy) is 1. The van der Waals surface area contributed by atoms with Crippen LogP contribution in [-0.4, -0.2) is 38.3 Å². The number of amides is 1. The molecule has 1 aliphatic heterocycles. The largest absolute Gasteiger partial charge is 0.494 e. The van der Waals surface area contributed by atoms with E-state index in [0.717, 1.165) is 11.3 Å². The zero-order chi connectivity index (χ0) is 20.5. The van der Waals surface area contributed by atoms with Gasteiger partial charge in [-0.05, 0) is 65.5 Å². The van der Waals surface area contributed by atoms with Crippen molar-refractivity contribution in [2.45, 2.75) is 36.1 Å². The Bertz CT molecular complexity index is 980. The molecule has 0 bridgehead atoms. The van der Waals surface area contributed by atoms with Crippen molar-refractivity contribution in [3.63, 3.8) is 0 Å². The van der Waals surface area contributed by atoms with Crippen molar-refractivity contribution in [1.29, 1.82) is 0 Å². The van der Waals surface area contributed by atoms with E-state index in [2.05, 4.69) is 21.2 Å². The third-order valence-electron chi connectivity index (χ3n) is 4.65. The Labute approximate surface area is 175 Å². The van der Waals surface area contributed by atoms with Gasteiger partial charge in [0.05, 0.1) is 16.9 Å². The Kier molecular flexibility index (Phi) is 6.43. The second-order valence-corrected chi connectivity index (χ2v) is 11.0. The maximum Gasteiger partial charge on any atom is 0.253 e. The maximum absolute atomic E-state index is 13.9. The Morgan fingerprint density at radius 2 is 2.14 bits per heavy atom. The molecule has 2 atom stereocenters. The van der Waals surface area contributed by atoms with E-state index in [1.807, 2.05) is 0 Å². The van der Waals surface area contributed by atoms with Crippen LogP contribution in [0.25, 0.3) is 0 Å². The summed E-state index contributed by atoms with van der Waals surface area (Å²) in [6.45, 7) is 2.02. The second-order valence-electron chi connectivity index (χ2n) is 6.46. The fourth-order valence-corrected chi connectivity index (χ4v) is 6.98. The minimum Gasteiger partial charge on any atom is -0.494 e. The van der Waals surface area contributed by atoms with Gasteiger partial charge in [0.1, 0.15) is 10.3 Å². The Morgan fingerprint density at radius 3 is 2.75 bits per heavy atom. The van der Waals surface area contributed by atoms with Crippen molar-refractivity contribution in [1.82, 2.24) is 9.62 Å². The van der Waals surface area contributed by atoms with Crippen LogP contribution in [0.15, 0.2) is 38.3 Å². The molecule has 1 saturated heterocycles. The number of sulfonamides is 1. The van der Waals surface area contributed by atoms with Gasteiger partial charge < -0.3 is 10.1 Å². The van der Waals surface area contributed by atoms with E-state index in [9.17, 15) is 17.6 Å². The summed E-state index contributed by atoms with van der Waals surface area (Å²) in [5.74, 6) is -0.785. The zero-order valence-electron chi connectivity index (χ0n) is 15.3. The summed E-state index contributed by atoms with van der Waals surface area (Å²) < 4.78 is 46.8. The monoisotopic (exact) mass is 490 g/mol. The number of methoxy groups -OCH3 is 1. The van der Waals surface area contributed by atoms with Crippen molar-refractivity contribution >= 4 is 43.2 Å². The topological polar surface area (TPSA) is 75.7 Å². The number of rotatable bonds is 6. The van der Waals surface area contributed by atoms with Crippen LogP contribution in [0.2, 0.25) is 0 Å². The summed E-state index contributed by atoms with van der Waals surface area (Å²) in [6, 6.07) is 6.40. The summed E-state index contributed by atoms with van der Waals surface area (Å²) >= 11 is 4.38. The minimum atomic E-state index is -3.74. The molecular formula is C18H20BrFN2O4S2. The third kappa shape index (κ3) is 4.24. The molecule has 0 aliphatic carbocycles. The Hall–Kier alpha value is -1.49. The highest BCUT2D eigenvalue weighted by Crippen LogP contribution is 2.32. The lowest BCUT2D eigenvalue weighted by atomic mass is 10.1. The van der Waals surface area contributed by atoms with Crippen LogP contribution in [0.5, 0.6) is 5.75 Å². The fourth-order valence-electron chi connectivity index (χ4n) is 3.19. The van der Waals surface area contributed by atoms with E-state index in [4.69, 9.17) is 4.74 Å². The average Bonchev–Trinajstić information content (AvgIpc) is 3.31. The van der Waals surface area contributed by atoms with Crippen LogP contribution in [-0.2, 0) is 14.8 Å². The van der Waals surface area contributed by atoms with Crippen LogP contribution in [0.4, 0.5) is 4.39 Å². The van der Waals surface area contributed by atoms with Gasteiger partial charge in [-0.15, -0.1) is 11.3 Å². The highest BCUT2D eigenvalue weighted by atomic mass is 79.9. The maximum atomic E-state index is 13.9. The van der Waals surface area contributed by atoms with Gasteiger partial charge in [0, 0.05) is 6.54 Å². The quantitative estimate of drug-likeness (QED) is 0.669. The first-order chi connectivity index (χ1) is 13.2. The SMILES string of the molecule is COc1ccc(C(C)NC(=O)C2CCCN2S(=O)(=O)c2ccc(Br)s2)cc1F. The zero-order valence-corrected chi connectivity index (χ0v) is 18.5. The summed E-state index contributed by atoms with van der Waals surface area (Å²) in [4.78, 5) is 12.8. The predicted molar refractivity (Wildman–Crippen MR) is 108 cm³/mol. The van der Waals surface area contributed by atoms with Crippen molar-refractivity contribution in [2.24, 2.45) is 0 Å². The van der Waals surface area contributed by atoms with Gasteiger partial charge in [-0.2, -0.15) is 4.31 Å². The normalized spacial score (nSPS) is 18.8. The van der Waals surface area contributed by atoms with Crippen molar-refractivity contribution < 1.29 is 22.3 Å². The average molecular weight is 491 g/mol. The second kappa shape index (κ2) is 8.48. The standard InChI is InChI=1S/C18H20BrFN2O4S2/c1-11(12-5-6-15(26-2)13(20)10-12)21-18(23)14-4-3-9-22(14)28(24,25)17-8-7-16(19)27-17/h5-8,10-11,14H,3-4,9H2,1-2H3,(H,21,23). The molecule has 0 spiro atoms. The van der Waals surface area contributed by atoms with Crippen LogP contribution >= 0.6 is 27.3 Å². The van der Waals surface area contributed by atoms with Crippen molar-refractivity contribution in [3.8, 4) is 5.75 Å². The van der Waals surface area contributed by atoms with Gasteiger partial charge in [-0.3, -0.25) is 4.79 Å². The first-order valence-electron chi connectivity index (χ1n) is 8.65. The van der Waals surface area contributed by atoms with Gasteiger partial charge in [0.15, 0.2) is 11.6 Å². The van der Waals surface area contributed by atoms with Gasteiger partial charge in [-0.25, -0.2) is 12.8 Å². The summed E-state index contributed by atoms with van der Waals surface area (Å²) in [5, 5.41) is 2.80. The first-order valence-corrected chi connectivity index (χ1v) is 11.7. The fraction of sp³-hybridized carbons (Fsp3) is 0.389. The number of thiophene rings is 1. The minimum absolute atomic E-state index is 0.123. The Balaban J connectivity index is 1.75. The predicted octanol–water partition coefficient (Wildman–Crippen LogP) is 3.69. The molecule has 1 aromatic heterocycles. The molecule has 1 amide bonds. The van der Waals surface area contributed by atoms with Gasteiger partial charge in [0.25, 0.3) is 10.0 Å². The number of hydrogen-bond donors (Lipinski definition) is 1. The highest BCUT2D eigenvalue weighted by molar-refractivity contribution is 9.11. The number of carbonyl (C=O) groups excluding carboxylic acids is 1. The van der Waals surface area contributed by atoms with E-state index in [0.29, 0.717) is 28.7 Å². The summed E-state index contributed by atoms with van der Waals surface area (Å²) in [7, 11) is -2.36. The molecule has 152 valence electrons. The van der Waals surface area contributed by atoms with Crippen molar-refractivity contribution in [3.05, 3.63) is 45.5 Å². The molecule has 0 saturated carbocycles. The van der Waals surface area contributed by atoms with Crippen LogP contribution in [0.1, 0.15) is 31.4 Å². The van der Waals surface area contributed by atoms with E-state index < -0.39 is 27.9 Å². The molecular weight excluding hydrogens is 471 g/mol. The smallest absolute Gasteiger partial charge is 0.253 e. The van der Waals surface area contributed by atoms with Crippen LogP contribution in [0, 0.1) is 5.82 Å². The lowest BCUT2D eigenvalue weighted by molar-refractivity contribution is -0.124. The molecule has 2 unspecified atom stereocenters. The van der Waals surface area contributed by atoms with Gasteiger partial charge >= 0.3 is 0 Å². The van der Waals surface area contributed by atoms with Gasteiger partial charge in [-0.1, -0.05) is 6.07 Å². The first kappa shape index (κ1) is 21.2. The van der Waals surface area contributed by atoms with Crippen molar-refractivity contribution in [2.75, 3.05) is 13.7 Å². The van der Waals surface area contributed by atoms with Crippen LogP contribution in [0.3, 0.4) is 0 Å². The molecule has 6 nitrogen and oxygen atoms in total. The molecule has 1 aromatic carbocycles. The summed E-state index contributed by atoms with van der Waals surface area (Å²) in [5.41, 5.74) is 0.571. The molecule has 28 heavy (non-hydrogen) atoms. The molecule has 3 rings (SSSR count). The number of hydrogen-bond acceptors (Lipinski definition) is 5. The molecule has 1 N–H and O–H groups in total. The molecule has 1 aliphatic rings. The number of benzene rings is 1. The van der Waals surface area contributed by atoms with E-state index in [1.54, 1.807) is 19.1 Å². The highest BCUT2D eigenvalue weighted by Gasteiger charge is 2.40. The number of halogens is 2. The van der Waals surface area contributed by atoms with Crippen LogP contribution < -0.4 is 10.1 Å². The Morgan fingerprint density at radius 1 is 1.39 bits per heavy atom. The molecule has 1 fully saturated rings. The number of nitrogens with one attached hydrogen (secondary N) is 1. The van der Waals surface area contributed by atoms with E-state index >= 15 is 0 Å². The third-order valence-corrected chi connectivity index (χ3v) is 8.65. The van der Waals surface area contributed by atoms with E-state index in [1.165, 1.54) is 29.6 Å². The molecule has 2 heterocycles. The lowest BCUT2D eigenvalue weighted by Crippen LogP contribution is -2.46. The summed E-state index contributed by atoms with van der Waals surface area (Å²) in [6.07, 6.45) is 1.05. The van der Waals surface area contributed by atoms with Gasteiger partial charge in [0.2, 0.25) is 5.91 Å².